The Bertz CT molecular complexity index is 480. The molecule has 1 fully saturated rings. The van der Waals surface area contributed by atoms with Crippen molar-refractivity contribution in [2.75, 3.05) is 0 Å². The normalized spacial score (nSPS) is 24.2. The minimum atomic E-state index is -4.62. The van der Waals surface area contributed by atoms with Gasteiger partial charge in [0.15, 0.2) is 0 Å². The molecular weight excluding hydrogens is 268 g/mol. The molecule has 110 valence electrons. The van der Waals surface area contributed by atoms with Crippen LogP contribution in [0.1, 0.15) is 49.7 Å². The Balaban J connectivity index is 2.10. The maximum atomic E-state index is 13.6. The first kappa shape index (κ1) is 15.1. The third-order valence-corrected chi connectivity index (χ3v) is 4.01. The van der Waals surface area contributed by atoms with Crippen molar-refractivity contribution < 1.29 is 17.6 Å². The van der Waals surface area contributed by atoms with Crippen LogP contribution in [0.5, 0.6) is 0 Å². The van der Waals surface area contributed by atoms with E-state index in [0.717, 1.165) is 37.8 Å². The predicted molar refractivity (Wildman–Crippen MR) is 70.9 cm³/mol. The smallest absolute Gasteiger partial charge is 0.206 e. The highest BCUT2D eigenvalue weighted by Gasteiger charge is 2.34. The maximum Gasteiger partial charge on any atom is 0.419 e. The van der Waals surface area contributed by atoms with E-state index in [1.165, 1.54) is 6.07 Å². The first-order valence-electron chi connectivity index (χ1n) is 6.91. The van der Waals surface area contributed by atoms with Crippen molar-refractivity contribution in [2.45, 2.75) is 44.7 Å². The Morgan fingerprint density at radius 2 is 1.75 bits per heavy atom. The topological polar surface area (TPSA) is 0 Å². The zero-order valence-electron chi connectivity index (χ0n) is 11.4. The van der Waals surface area contributed by atoms with Crippen LogP contribution in [-0.4, -0.2) is 0 Å². The Hall–Kier alpha value is -1.32. The second-order valence-electron chi connectivity index (χ2n) is 5.37. The van der Waals surface area contributed by atoms with Gasteiger partial charge in [-0.15, -0.1) is 0 Å². The predicted octanol–water partition coefficient (Wildman–Crippen LogP) is 5.69. The highest BCUT2D eigenvalue weighted by Crippen LogP contribution is 2.38. The molecule has 2 rings (SSSR count). The molecule has 0 N–H and O–H groups in total. The molecule has 0 nitrogen and oxygen atoms in total. The number of halogens is 4. The molecule has 0 saturated heterocycles. The van der Waals surface area contributed by atoms with Gasteiger partial charge in [-0.05, 0) is 62.1 Å². The largest absolute Gasteiger partial charge is 0.419 e. The van der Waals surface area contributed by atoms with Gasteiger partial charge in [0, 0.05) is 0 Å². The summed E-state index contributed by atoms with van der Waals surface area (Å²) in [6.07, 6.45) is 3.41. The summed E-state index contributed by atoms with van der Waals surface area (Å²) in [7, 11) is 0. The number of alkyl halides is 3. The fraction of sp³-hybridized carbons (Fsp3) is 0.500. The van der Waals surface area contributed by atoms with E-state index in [1.54, 1.807) is 0 Å². The molecule has 0 bridgehead atoms. The summed E-state index contributed by atoms with van der Waals surface area (Å²) in [5, 5.41) is 0. The molecule has 0 spiro atoms. The van der Waals surface area contributed by atoms with Crippen LogP contribution >= 0.6 is 0 Å². The molecule has 0 radical (unpaired) electrons. The molecule has 0 aliphatic heterocycles. The van der Waals surface area contributed by atoms with Gasteiger partial charge in [0.1, 0.15) is 5.82 Å². The molecule has 1 aliphatic rings. The van der Waals surface area contributed by atoms with E-state index < -0.39 is 17.6 Å². The van der Waals surface area contributed by atoms with Gasteiger partial charge in [-0.2, -0.15) is 13.2 Å². The molecule has 4 heteroatoms. The maximum absolute atomic E-state index is 13.6. The molecule has 0 atom stereocenters. The number of rotatable bonds is 2. The number of allylic oxidation sites excluding steroid dienone is 2. The fourth-order valence-corrected chi connectivity index (χ4v) is 2.93. The highest BCUT2D eigenvalue weighted by molar-refractivity contribution is 5.29. The van der Waals surface area contributed by atoms with E-state index in [1.807, 2.05) is 13.0 Å². The molecule has 1 aliphatic carbocycles. The second kappa shape index (κ2) is 5.98. The molecule has 1 aromatic rings. The van der Waals surface area contributed by atoms with Crippen LogP contribution in [0.15, 0.2) is 30.4 Å². The third kappa shape index (κ3) is 3.41. The summed E-state index contributed by atoms with van der Waals surface area (Å²) < 4.78 is 51.1. The standard InChI is InChI=1S/C16H18F4/c1-2-3-11-4-6-12(7-5-11)13-8-9-14(15(17)10-13)16(18,19)20/h2-3,8-12H,4-7H2,1H3/b3-2+. The molecular formula is C16H18F4. The first-order chi connectivity index (χ1) is 9.41. The van der Waals surface area contributed by atoms with Crippen molar-refractivity contribution in [3.05, 3.63) is 47.3 Å². The van der Waals surface area contributed by atoms with Crippen LogP contribution < -0.4 is 0 Å². The van der Waals surface area contributed by atoms with Crippen LogP contribution in [0.2, 0.25) is 0 Å². The average molecular weight is 286 g/mol. The SMILES string of the molecule is C/C=C/C1CCC(c2ccc(C(F)(F)F)c(F)c2)CC1. The van der Waals surface area contributed by atoms with Gasteiger partial charge in [0.2, 0.25) is 0 Å². The Morgan fingerprint density at radius 3 is 2.25 bits per heavy atom. The molecule has 0 unspecified atom stereocenters. The van der Waals surface area contributed by atoms with Crippen molar-refractivity contribution in [1.82, 2.24) is 0 Å². The lowest BCUT2D eigenvalue weighted by Gasteiger charge is -2.27. The van der Waals surface area contributed by atoms with Crippen LogP contribution in [0.3, 0.4) is 0 Å². The van der Waals surface area contributed by atoms with Crippen molar-refractivity contribution in [1.29, 1.82) is 0 Å². The quantitative estimate of drug-likeness (QED) is 0.483. The molecule has 0 amide bonds. The van der Waals surface area contributed by atoms with Gasteiger partial charge in [-0.1, -0.05) is 18.2 Å². The summed E-state index contributed by atoms with van der Waals surface area (Å²) in [6, 6.07) is 3.35. The lowest BCUT2D eigenvalue weighted by Crippen LogP contribution is -2.13. The number of hydrogen-bond acceptors (Lipinski definition) is 0. The van der Waals surface area contributed by atoms with Crippen LogP contribution in [-0.2, 0) is 6.18 Å². The Labute approximate surface area is 116 Å². The zero-order chi connectivity index (χ0) is 14.8. The lowest BCUT2D eigenvalue weighted by atomic mass is 9.78. The molecule has 20 heavy (non-hydrogen) atoms. The summed E-state index contributed by atoms with van der Waals surface area (Å²) >= 11 is 0. The van der Waals surface area contributed by atoms with E-state index in [0.29, 0.717) is 11.5 Å². The third-order valence-electron chi connectivity index (χ3n) is 4.01. The van der Waals surface area contributed by atoms with Gasteiger partial charge in [-0.3, -0.25) is 0 Å². The summed E-state index contributed by atoms with van der Waals surface area (Å²) in [5.74, 6) is -0.436. The average Bonchev–Trinajstić information content (AvgIpc) is 2.38. The minimum absolute atomic E-state index is 0.174. The van der Waals surface area contributed by atoms with Gasteiger partial charge >= 0.3 is 6.18 Å². The highest BCUT2D eigenvalue weighted by atomic mass is 19.4. The molecule has 1 saturated carbocycles. The number of hydrogen-bond donors (Lipinski definition) is 0. The van der Waals surface area contributed by atoms with Crippen molar-refractivity contribution in [3.63, 3.8) is 0 Å². The van der Waals surface area contributed by atoms with Crippen LogP contribution in [0.4, 0.5) is 17.6 Å². The Morgan fingerprint density at radius 1 is 1.10 bits per heavy atom. The molecule has 1 aromatic carbocycles. The van der Waals surface area contributed by atoms with Gasteiger partial charge in [-0.25, -0.2) is 4.39 Å². The molecule has 0 heterocycles. The van der Waals surface area contributed by atoms with Crippen molar-refractivity contribution >= 4 is 0 Å². The number of benzene rings is 1. The van der Waals surface area contributed by atoms with Gasteiger partial charge in [0.05, 0.1) is 5.56 Å². The van der Waals surface area contributed by atoms with Gasteiger partial charge in [0.25, 0.3) is 0 Å². The minimum Gasteiger partial charge on any atom is -0.206 e. The van der Waals surface area contributed by atoms with Crippen LogP contribution in [0.25, 0.3) is 0 Å². The van der Waals surface area contributed by atoms with E-state index in [-0.39, 0.29) is 5.92 Å². The second-order valence-corrected chi connectivity index (χ2v) is 5.37. The Kier molecular flexibility index (Phi) is 4.51. The lowest BCUT2D eigenvalue weighted by molar-refractivity contribution is -0.140. The summed E-state index contributed by atoms with van der Waals surface area (Å²) in [4.78, 5) is 0. The van der Waals surface area contributed by atoms with E-state index in [2.05, 4.69) is 6.08 Å². The first-order valence-corrected chi connectivity index (χ1v) is 6.91. The molecule has 0 aromatic heterocycles. The summed E-state index contributed by atoms with van der Waals surface area (Å²) in [5.41, 5.74) is -0.488. The summed E-state index contributed by atoms with van der Waals surface area (Å²) in [6.45, 7) is 1.98. The van der Waals surface area contributed by atoms with E-state index in [4.69, 9.17) is 0 Å². The van der Waals surface area contributed by atoms with E-state index >= 15 is 0 Å². The fourth-order valence-electron chi connectivity index (χ4n) is 2.93. The van der Waals surface area contributed by atoms with Crippen molar-refractivity contribution in [3.8, 4) is 0 Å². The zero-order valence-corrected chi connectivity index (χ0v) is 11.4. The van der Waals surface area contributed by atoms with Crippen molar-refractivity contribution in [2.24, 2.45) is 5.92 Å². The monoisotopic (exact) mass is 286 g/mol. The van der Waals surface area contributed by atoms with Crippen LogP contribution in [0, 0.1) is 11.7 Å². The van der Waals surface area contributed by atoms with E-state index in [9.17, 15) is 17.6 Å². The van der Waals surface area contributed by atoms with Gasteiger partial charge < -0.3 is 0 Å².